The molecule has 1 atom stereocenters. The van der Waals surface area contributed by atoms with Crippen LogP contribution in [0.3, 0.4) is 0 Å². The molecule has 1 saturated carbocycles. The minimum Gasteiger partial charge on any atom is -0.338 e. The summed E-state index contributed by atoms with van der Waals surface area (Å²) < 4.78 is 0. The van der Waals surface area contributed by atoms with Crippen molar-refractivity contribution in [3.05, 3.63) is 0 Å². The molecule has 1 unspecified atom stereocenters. The summed E-state index contributed by atoms with van der Waals surface area (Å²) in [6, 6.07) is 0.484. The number of carbonyl (C=O) groups is 1. The molecule has 0 aromatic rings. The molecule has 0 aromatic carbocycles. The molecule has 15 heavy (non-hydrogen) atoms. The molecule has 1 fully saturated rings. The lowest BCUT2D eigenvalue weighted by molar-refractivity contribution is -0.137. The van der Waals surface area contributed by atoms with Crippen molar-refractivity contribution >= 4 is 5.91 Å². The van der Waals surface area contributed by atoms with Crippen molar-refractivity contribution in [2.45, 2.75) is 64.5 Å². The van der Waals surface area contributed by atoms with E-state index in [4.69, 9.17) is 5.73 Å². The third-order valence-corrected chi connectivity index (χ3v) is 2.97. The van der Waals surface area contributed by atoms with Gasteiger partial charge in [-0.25, -0.2) is 0 Å². The minimum absolute atomic E-state index is 0.147. The van der Waals surface area contributed by atoms with Crippen LogP contribution in [0.15, 0.2) is 0 Å². The van der Waals surface area contributed by atoms with Crippen LogP contribution in [0, 0.1) is 0 Å². The molecule has 1 amide bonds. The van der Waals surface area contributed by atoms with Crippen molar-refractivity contribution in [3.8, 4) is 0 Å². The predicted octanol–water partition coefficient (Wildman–Crippen LogP) is 1.90. The summed E-state index contributed by atoms with van der Waals surface area (Å²) >= 11 is 0. The first-order valence-corrected chi connectivity index (χ1v) is 6.13. The second-order valence-corrected chi connectivity index (χ2v) is 4.90. The Hall–Kier alpha value is -0.570. The van der Waals surface area contributed by atoms with E-state index in [0.29, 0.717) is 6.04 Å². The van der Waals surface area contributed by atoms with Gasteiger partial charge in [0.15, 0.2) is 0 Å². The van der Waals surface area contributed by atoms with Gasteiger partial charge in [-0.3, -0.25) is 4.79 Å². The topological polar surface area (TPSA) is 46.3 Å². The highest BCUT2D eigenvalue weighted by Gasteiger charge is 2.38. The molecule has 0 saturated heterocycles. The molecule has 1 aliphatic carbocycles. The highest BCUT2D eigenvalue weighted by molar-refractivity contribution is 5.86. The summed E-state index contributed by atoms with van der Waals surface area (Å²) in [4.78, 5) is 14.2. The SMILES string of the molecule is CCCN(C(=O)C(C)(N)CCC)C1CC1. The third-order valence-electron chi connectivity index (χ3n) is 2.97. The Balaban J connectivity index is 2.61. The van der Waals surface area contributed by atoms with Gasteiger partial charge in [-0.15, -0.1) is 0 Å². The highest BCUT2D eigenvalue weighted by Crippen LogP contribution is 2.29. The standard InChI is InChI=1S/C12H24N2O/c1-4-8-12(3,13)11(15)14(9-5-2)10-6-7-10/h10H,4-9,13H2,1-3H3. The number of carbonyl (C=O) groups excluding carboxylic acids is 1. The van der Waals surface area contributed by atoms with Gasteiger partial charge in [0.25, 0.3) is 0 Å². The number of amides is 1. The second-order valence-electron chi connectivity index (χ2n) is 4.90. The Morgan fingerprint density at radius 3 is 2.40 bits per heavy atom. The first-order chi connectivity index (χ1) is 7.03. The quantitative estimate of drug-likeness (QED) is 0.731. The molecule has 1 aliphatic rings. The fraction of sp³-hybridized carbons (Fsp3) is 0.917. The van der Waals surface area contributed by atoms with Crippen LogP contribution in [0.4, 0.5) is 0 Å². The van der Waals surface area contributed by atoms with Crippen LogP contribution < -0.4 is 5.73 Å². The van der Waals surface area contributed by atoms with Crippen molar-refractivity contribution < 1.29 is 4.79 Å². The normalized spacial score (nSPS) is 19.7. The van der Waals surface area contributed by atoms with Crippen LogP contribution in [0.2, 0.25) is 0 Å². The smallest absolute Gasteiger partial charge is 0.242 e. The Labute approximate surface area is 93.0 Å². The monoisotopic (exact) mass is 212 g/mol. The highest BCUT2D eigenvalue weighted by atomic mass is 16.2. The van der Waals surface area contributed by atoms with Crippen LogP contribution in [-0.4, -0.2) is 28.9 Å². The molecule has 0 aliphatic heterocycles. The van der Waals surface area contributed by atoms with Gasteiger partial charge in [-0.1, -0.05) is 20.3 Å². The summed E-state index contributed by atoms with van der Waals surface area (Å²) in [6.45, 7) is 6.90. The Kier molecular flexibility index (Phi) is 4.14. The van der Waals surface area contributed by atoms with Crippen molar-refractivity contribution in [3.63, 3.8) is 0 Å². The molecule has 3 nitrogen and oxygen atoms in total. The fourth-order valence-corrected chi connectivity index (χ4v) is 2.03. The first-order valence-electron chi connectivity index (χ1n) is 6.13. The van der Waals surface area contributed by atoms with E-state index in [1.165, 1.54) is 0 Å². The van der Waals surface area contributed by atoms with Crippen LogP contribution in [0.25, 0.3) is 0 Å². The average Bonchev–Trinajstić information content (AvgIpc) is 2.96. The summed E-state index contributed by atoms with van der Waals surface area (Å²) in [7, 11) is 0. The van der Waals surface area contributed by atoms with E-state index in [-0.39, 0.29) is 5.91 Å². The Morgan fingerprint density at radius 2 is 2.00 bits per heavy atom. The van der Waals surface area contributed by atoms with Crippen LogP contribution >= 0.6 is 0 Å². The number of hydrogen-bond donors (Lipinski definition) is 1. The molecule has 3 heteroatoms. The lowest BCUT2D eigenvalue weighted by atomic mass is 9.95. The van der Waals surface area contributed by atoms with Crippen molar-refractivity contribution in [1.82, 2.24) is 4.90 Å². The van der Waals surface area contributed by atoms with Gasteiger partial charge in [0.05, 0.1) is 5.54 Å². The summed E-state index contributed by atoms with van der Waals surface area (Å²) in [5.41, 5.74) is 5.42. The fourth-order valence-electron chi connectivity index (χ4n) is 2.03. The van der Waals surface area contributed by atoms with Crippen molar-refractivity contribution in [2.24, 2.45) is 5.73 Å². The van der Waals surface area contributed by atoms with Crippen LogP contribution in [-0.2, 0) is 4.79 Å². The van der Waals surface area contributed by atoms with Gasteiger partial charge in [-0.2, -0.15) is 0 Å². The maximum Gasteiger partial charge on any atom is 0.242 e. The maximum atomic E-state index is 12.2. The Bertz CT molecular complexity index is 222. The first kappa shape index (κ1) is 12.5. The summed E-state index contributed by atoms with van der Waals surface area (Å²) in [5, 5.41) is 0. The van der Waals surface area contributed by atoms with Gasteiger partial charge in [-0.05, 0) is 32.6 Å². The number of nitrogens with two attached hydrogens (primary N) is 1. The van der Waals surface area contributed by atoms with E-state index < -0.39 is 5.54 Å². The van der Waals surface area contributed by atoms with Crippen LogP contribution in [0.5, 0.6) is 0 Å². The molecule has 0 bridgehead atoms. The Morgan fingerprint density at radius 1 is 1.40 bits per heavy atom. The van der Waals surface area contributed by atoms with Gasteiger partial charge in [0.1, 0.15) is 0 Å². The second kappa shape index (κ2) is 4.97. The molecular weight excluding hydrogens is 188 g/mol. The zero-order valence-corrected chi connectivity index (χ0v) is 10.3. The van der Waals surface area contributed by atoms with Gasteiger partial charge < -0.3 is 10.6 Å². The zero-order valence-electron chi connectivity index (χ0n) is 10.3. The van der Waals surface area contributed by atoms with E-state index in [9.17, 15) is 4.79 Å². The summed E-state index contributed by atoms with van der Waals surface area (Å²) in [5.74, 6) is 0.147. The predicted molar refractivity (Wildman–Crippen MR) is 62.5 cm³/mol. The molecule has 0 radical (unpaired) electrons. The minimum atomic E-state index is -0.660. The molecule has 2 N–H and O–H groups in total. The molecule has 0 spiro atoms. The molecular formula is C12H24N2O. The zero-order chi connectivity index (χ0) is 11.5. The molecule has 1 rings (SSSR count). The van der Waals surface area contributed by atoms with E-state index in [2.05, 4.69) is 13.8 Å². The maximum absolute atomic E-state index is 12.2. The van der Waals surface area contributed by atoms with Crippen LogP contribution in [0.1, 0.15) is 52.9 Å². The molecule has 0 heterocycles. The largest absolute Gasteiger partial charge is 0.338 e. The van der Waals surface area contributed by atoms with Gasteiger partial charge >= 0.3 is 0 Å². The van der Waals surface area contributed by atoms with E-state index >= 15 is 0 Å². The van der Waals surface area contributed by atoms with Crippen molar-refractivity contribution in [2.75, 3.05) is 6.54 Å². The number of nitrogens with zero attached hydrogens (tertiary/aromatic N) is 1. The third kappa shape index (κ3) is 3.20. The number of hydrogen-bond acceptors (Lipinski definition) is 2. The van der Waals surface area contributed by atoms with Gasteiger partial charge in [0.2, 0.25) is 5.91 Å². The molecule has 0 aromatic heterocycles. The lowest BCUT2D eigenvalue weighted by Gasteiger charge is -2.31. The molecule has 88 valence electrons. The van der Waals surface area contributed by atoms with E-state index in [0.717, 1.165) is 38.6 Å². The van der Waals surface area contributed by atoms with Crippen molar-refractivity contribution in [1.29, 1.82) is 0 Å². The summed E-state index contributed by atoms with van der Waals surface area (Å²) in [6.07, 6.45) is 5.08. The van der Waals surface area contributed by atoms with E-state index in [1.54, 1.807) is 0 Å². The van der Waals surface area contributed by atoms with Gasteiger partial charge in [0, 0.05) is 12.6 Å². The average molecular weight is 212 g/mol. The number of rotatable bonds is 6. The van der Waals surface area contributed by atoms with E-state index in [1.807, 2.05) is 11.8 Å². The lowest BCUT2D eigenvalue weighted by Crippen LogP contribution is -2.54.